The second-order valence-corrected chi connectivity index (χ2v) is 4.06. The van der Waals surface area contributed by atoms with Crippen LogP contribution in [0.3, 0.4) is 0 Å². The van der Waals surface area contributed by atoms with Gasteiger partial charge in [0.2, 0.25) is 0 Å². The van der Waals surface area contributed by atoms with Crippen LogP contribution in [-0.2, 0) is 14.3 Å². The third-order valence-corrected chi connectivity index (χ3v) is 2.78. The van der Waals surface area contributed by atoms with Gasteiger partial charge >= 0.3 is 5.97 Å². The normalized spacial score (nSPS) is 12.5. The number of hydrogen-bond acceptors (Lipinski definition) is 5. The monoisotopic (exact) mass is 235 g/mol. The van der Waals surface area contributed by atoms with Gasteiger partial charge in [0.15, 0.2) is 0 Å². The fourth-order valence-electron chi connectivity index (χ4n) is 1.14. The lowest BCUT2D eigenvalue weighted by Crippen LogP contribution is -2.35. The Hall–Kier alpha value is -0.260. The van der Waals surface area contributed by atoms with Crippen molar-refractivity contribution in [1.29, 1.82) is 0 Å². The maximum atomic E-state index is 11.0. The van der Waals surface area contributed by atoms with Gasteiger partial charge in [-0.1, -0.05) is 6.92 Å². The Balaban J connectivity index is 3.55. The third kappa shape index (κ3) is 8.72. The highest BCUT2D eigenvalue weighted by Gasteiger charge is 2.08. The predicted octanol–water partition coefficient (Wildman–Crippen LogP) is 0.907. The zero-order chi connectivity index (χ0) is 11.5. The summed E-state index contributed by atoms with van der Waals surface area (Å²) in [6, 6.07) is 0.305. The molecule has 90 valence electrons. The average Bonchev–Trinajstić information content (AvgIpc) is 2.19. The van der Waals surface area contributed by atoms with Crippen molar-refractivity contribution in [3.63, 3.8) is 0 Å². The van der Waals surface area contributed by atoms with Gasteiger partial charge in [0.1, 0.15) is 0 Å². The van der Waals surface area contributed by atoms with E-state index in [-0.39, 0.29) is 5.97 Å². The van der Waals surface area contributed by atoms with E-state index in [0.29, 0.717) is 25.0 Å². The smallest absolute Gasteiger partial charge is 0.315 e. The van der Waals surface area contributed by atoms with E-state index in [1.807, 2.05) is 6.92 Å². The van der Waals surface area contributed by atoms with Crippen LogP contribution in [0.15, 0.2) is 0 Å². The number of carbonyl (C=O) groups excluding carboxylic acids is 1. The van der Waals surface area contributed by atoms with Gasteiger partial charge in [0.05, 0.1) is 19.0 Å². The molecular formula is C10H21NO3S. The highest BCUT2D eigenvalue weighted by atomic mass is 32.2. The van der Waals surface area contributed by atoms with E-state index in [1.54, 1.807) is 18.9 Å². The van der Waals surface area contributed by atoms with Crippen molar-refractivity contribution < 1.29 is 14.3 Å². The van der Waals surface area contributed by atoms with Crippen molar-refractivity contribution in [3.05, 3.63) is 0 Å². The molecule has 0 aromatic rings. The van der Waals surface area contributed by atoms with Crippen LogP contribution in [0.1, 0.15) is 13.8 Å². The van der Waals surface area contributed by atoms with Crippen molar-refractivity contribution in [2.24, 2.45) is 0 Å². The average molecular weight is 235 g/mol. The molecule has 0 rings (SSSR count). The van der Waals surface area contributed by atoms with Crippen molar-refractivity contribution in [3.8, 4) is 0 Å². The molecule has 1 unspecified atom stereocenters. The van der Waals surface area contributed by atoms with Gasteiger partial charge in [0.25, 0.3) is 0 Å². The molecule has 0 aliphatic carbocycles. The van der Waals surface area contributed by atoms with E-state index >= 15 is 0 Å². The van der Waals surface area contributed by atoms with E-state index < -0.39 is 0 Å². The summed E-state index contributed by atoms with van der Waals surface area (Å²) in [5.41, 5.74) is 0. The van der Waals surface area contributed by atoms with E-state index in [9.17, 15) is 4.79 Å². The minimum Gasteiger partial charge on any atom is -0.465 e. The first-order valence-electron chi connectivity index (χ1n) is 5.20. The van der Waals surface area contributed by atoms with Gasteiger partial charge in [-0.2, -0.15) is 0 Å². The van der Waals surface area contributed by atoms with E-state index in [1.165, 1.54) is 0 Å². The Labute approximate surface area is 96.1 Å². The fourth-order valence-corrected chi connectivity index (χ4v) is 2.01. The van der Waals surface area contributed by atoms with Crippen LogP contribution in [0, 0.1) is 0 Å². The summed E-state index contributed by atoms with van der Waals surface area (Å²) in [6.07, 6.45) is 0. The quantitative estimate of drug-likeness (QED) is 0.602. The SMILES string of the molecule is CCNC(COC)CSCC(=O)OCC. The van der Waals surface area contributed by atoms with Crippen LogP contribution in [0.5, 0.6) is 0 Å². The summed E-state index contributed by atoms with van der Waals surface area (Å²) < 4.78 is 9.90. The maximum Gasteiger partial charge on any atom is 0.315 e. The summed E-state index contributed by atoms with van der Waals surface area (Å²) in [4.78, 5) is 11.0. The topological polar surface area (TPSA) is 47.6 Å². The van der Waals surface area contributed by atoms with Crippen LogP contribution >= 0.6 is 11.8 Å². The molecule has 0 aliphatic rings. The highest BCUT2D eigenvalue weighted by Crippen LogP contribution is 2.04. The molecule has 15 heavy (non-hydrogen) atoms. The molecule has 0 aromatic carbocycles. The molecule has 4 nitrogen and oxygen atoms in total. The Morgan fingerprint density at radius 1 is 1.47 bits per heavy atom. The Bertz CT molecular complexity index is 161. The zero-order valence-electron chi connectivity index (χ0n) is 9.75. The molecule has 0 radical (unpaired) electrons. The molecule has 5 heteroatoms. The lowest BCUT2D eigenvalue weighted by molar-refractivity contribution is -0.139. The lowest BCUT2D eigenvalue weighted by atomic mass is 10.3. The third-order valence-electron chi connectivity index (χ3n) is 1.70. The van der Waals surface area contributed by atoms with Crippen LogP contribution in [0.25, 0.3) is 0 Å². The van der Waals surface area contributed by atoms with Crippen LogP contribution in [0.4, 0.5) is 0 Å². The number of nitrogens with one attached hydrogen (secondary N) is 1. The second kappa shape index (κ2) is 10.3. The van der Waals surface area contributed by atoms with Gasteiger partial charge in [-0.25, -0.2) is 0 Å². The van der Waals surface area contributed by atoms with E-state index in [2.05, 4.69) is 12.2 Å². The van der Waals surface area contributed by atoms with Gasteiger partial charge in [-0.05, 0) is 13.5 Å². The number of rotatable bonds is 9. The van der Waals surface area contributed by atoms with E-state index in [0.717, 1.165) is 12.3 Å². The summed E-state index contributed by atoms with van der Waals surface area (Å²) >= 11 is 1.57. The fraction of sp³-hybridized carbons (Fsp3) is 0.900. The Morgan fingerprint density at radius 3 is 2.73 bits per heavy atom. The number of hydrogen-bond donors (Lipinski definition) is 1. The van der Waals surface area contributed by atoms with Gasteiger partial charge in [-0.15, -0.1) is 11.8 Å². The molecule has 0 fully saturated rings. The number of thioether (sulfide) groups is 1. The summed E-state index contributed by atoms with van der Waals surface area (Å²) in [5.74, 6) is 1.13. The van der Waals surface area contributed by atoms with Crippen molar-refractivity contribution in [1.82, 2.24) is 5.32 Å². The summed E-state index contributed by atoms with van der Waals surface area (Å²) in [7, 11) is 1.68. The van der Waals surface area contributed by atoms with Crippen LogP contribution in [-0.4, -0.2) is 50.4 Å². The number of esters is 1. The molecule has 0 spiro atoms. The zero-order valence-corrected chi connectivity index (χ0v) is 10.6. The molecule has 0 aromatic heterocycles. The number of methoxy groups -OCH3 is 1. The summed E-state index contributed by atoms with van der Waals surface area (Å²) in [5, 5.41) is 3.29. The van der Waals surface area contributed by atoms with Gasteiger partial charge < -0.3 is 14.8 Å². The molecule has 0 heterocycles. The first-order chi connectivity index (χ1) is 7.24. The molecule has 1 atom stereocenters. The Kier molecular flexibility index (Phi) is 10.1. The van der Waals surface area contributed by atoms with E-state index in [4.69, 9.17) is 9.47 Å². The Morgan fingerprint density at radius 2 is 2.20 bits per heavy atom. The molecule has 1 N–H and O–H groups in total. The van der Waals surface area contributed by atoms with Crippen molar-refractivity contribution >= 4 is 17.7 Å². The second-order valence-electron chi connectivity index (χ2n) is 3.03. The van der Waals surface area contributed by atoms with Crippen LogP contribution < -0.4 is 5.32 Å². The van der Waals surface area contributed by atoms with Crippen molar-refractivity contribution in [2.75, 3.05) is 38.4 Å². The first-order valence-corrected chi connectivity index (χ1v) is 6.35. The molecule has 0 saturated carbocycles. The molecular weight excluding hydrogens is 214 g/mol. The maximum absolute atomic E-state index is 11.0. The molecule has 0 saturated heterocycles. The molecule has 0 aliphatic heterocycles. The predicted molar refractivity (Wildman–Crippen MR) is 63.3 cm³/mol. The first kappa shape index (κ1) is 14.7. The summed E-state index contributed by atoms with van der Waals surface area (Å²) in [6.45, 7) is 5.90. The minimum atomic E-state index is -0.143. The van der Waals surface area contributed by atoms with Crippen molar-refractivity contribution in [2.45, 2.75) is 19.9 Å². The minimum absolute atomic E-state index is 0.143. The largest absolute Gasteiger partial charge is 0.465 e. The molecule has 0 bridgehead atoms. The van der Waals surface area contributed by atoms with Gasteiger partial charge in [0, 0.05) is 18.9 Å². The standard InChI is InChI=1S/C10H21NO3S/c1-4-11-9(6-13-3)7-15-8-10(12)14-5-2/h9,11H,4-8H2,1-3H3. The number of ether oxygens (including phenoxy) is 2. The molecule has 0 amide bonds. The van der Waals surface area contributed by atoms with Gasteiger partial charge in [-0.3, -0.25) is 4.79 Å². The highest BCUT2D eigenvalue weighted by molar-refractivity contribution is 7.99. The van der Waals surface area contributed by atoms with Crippen LogP contribution in [0.2, 0.25) is 0 Å². The lowest BCUT2D eigenvalue weighted by Gasteiger charge is -2.15. The number of likely N-dealkylation sites (N-methyl/N-ethyl adjacent to an activating group) is 1. The number of carbonyl (C=O) groups is 1.